The van der Waals surface area contributed by atoms with Gasteiger partial charge in [0.2, 0.25) is 0 Å². The van der Waals surface area contributed by atoms with E-state index in [1.54, 1.807) is 11.3 Å². The van der Waals surface area contributed by atoms with Crippen molar-refractivity contribution in [1.82, 2.24) is 10.3 Å². The van der Waals surface area contributed by atoms with Gasteiger partial charge in [0.25, 0.3) is 0 Å². The molecule has 0 aliphatic carbocycles. The molecule has 0 saturated carbocycles. The Balaban J connectivity index is 1.82. The first kappa shape index (κ1) is 14.7. The van der Waals surface area contributed by atoms with Gasteiger partial charge in [0.15, 0.2) is 0 Å². The van der Waals surface area contributed by atoms with Crippen LogP contribution >= 0.6 is 11.3 Å². The van der Waals surface area contributed by atoms with Crippen LogP contribution in [0.15, 0.2) is 35.8 Å². The molecule has 112 valence electrons. The fourth-order valence-corrected chi connectivity index (χ4v) is 3.59. The van der Waals surface area contributed by atoms with Crippen molar-refractivity contribution in [2.75, 3.05) is 13.2 Å². The van der Waals surface area contributed by atoms with Crippen molar-refractivity contribution in [2.45, 2.75) is 38.3 Å². The lowest BCUT2D eigenvalue weighted by atomic mass is 9.92. The molecular weight excluding hydrogens is 280 g/mol. The number of nitrogens with zero attached hydrogens (tertiary/aromatic N) is 1. The van der Waals surface area contributed by atoms with E-state index < -0.39 is 0 Å². The van der Waals surface area contributed by atoms with Crippen LogP contribution in [-0.4, -0.2) is 24.2 Å². The lowest BCUT2D eigenvalue weighted by molar-refractivity contribution is 0.0154. The Bertz CT molecular complexity index is 556. The summed E-state index contributed by atoms with van der Waals surface area (Å²) in [5.41, 5.74) is 2.77. The van der Waals surface area contributed by atoms with Crippen molar-refractivity contribution in [1.29, 1.82) is 0 Å². The predicted molar refractivity (Wildman–Crippen MR) is 86.7 cm³/mol. The molecule has 0 bridgehead atoms. The molecule has 1 aliphatic heterocycles. The minimum Gasteiger partial charge on any atom is -0.372 e. The molecule has 3 rings (SSSR count). The number of nitrogens with one attached hydrogen (secondary N) is 1. The molecule has 3 nitrogen and oxygen atoms in total. The number of benzene rings is 1. The average molecular weight is 302 g/mol. The van der Waals surface area contributed by atoms with Crippen molar-refractivity contribution in [3.8, 4) is 0 Å². The molecule has 0 amide bonds. The van der Waals surface area contributed by atoms with Gasteiger partial charge < -0.3 is 10.1 Å². The van der Waals surface area contributed by atoms with E-state index in [0.29, 0.717) is 0 Å². The number of hydrogen-bond acceptors (Lipinski definition) is 4. The number of ether oxygens (including phenoxy) is 1. The summed E-state index contributed by atoms with van der Waals surface area (Å²) in [4.78, 5) is 4.44. The molecule has 0 spiro atoms. The Morgan fingerprint density at radius 3 is 3.14 bits per heavy atom. The lowest BCUT2D eigenvalue weighted by Gasteiger charge is -2.33. The zero-order chi connectivity index (χ0) is 14.5. The van der Waals surface area contributed by atoms with Crippen LogP contribution < -0.4 is 5.32 Å². The van der Waals surface area contributed by atoms with E-state index in [2.05, 4.69) is 41.5 Å². The minimum atomic E-state index is 0.130. The molecular formula is C17H22N2OS. The van der Waals surface area contributed by atoms with E-state index in [9.17, 15) is 0 Å². The first-order valence-corrected chi connectivity index (χ1v) is 8.57. The van der Waals surface area contributed by atoms with Gasteiger partial charge in [-0.05, 0) is 30.5 Å². The third kappa shape index (κ3) is 3.51. The fourth-order valence-electron chi connectivity index (χ4n) is 2.92. The highest BCUT2D eigenvalue weighted by Gasteiger charge is 2.29. The van der Waals surface area contributed by atoms with Gasteiger partial charge in [-0.1, -0.05) is 31.2 Å². The van der Waals surface area contributed by atoms with Crippen LogP contribution in [0.4, 0.5) is 0 Å². The van der Waals surface area contributed by atoms with E-state index >= 15 is 0 Å². The number of hydrogen-bond donors (Lipinski definition) is 1. The smallest absolute Gasteiger partial charge is 0.0984 e. The maximum atomic E-state index is 6.13. The molecule has 0 radical (unpaired) electrons. The van der Waals surface area contributed by atoms with Crippen molar-refractivity contribution < 1.29 is 4.74 Å². The maximum absolute atomic E-state index is 6.13. The fraction of sp³-hybridized carbons (Fsp3) is 0.471. The standard InChI is InChI=1S/C17H22N2OS/c1-2-8-18-15(12-16-19-9-11-21-16)17-14-6-4-3-5-13(14)7-10-20-17/h3-6,9,11,15,17-18H,2,7-8,10,12H2,1H3. The molecule has 0 fully saturated rings. The largest absolute Gasteiger partial charge is 0.372 e. The summed E-state index contributed by atoms with van der Waals surface area (Å²) in [5, 5.41) is 6.88. The van der Waals surface area contributed by atoms with Crippen LogP contribution in [0.25, 0.3) is 0 Å². The SMILES string of the molecule is CCCNC(Cc1nccs1)C1OCCc2ccccc21. The van der Waals surface area contributed by atoms with Crippen LogP contribution in [0.2, 0.25) is 0 Å². The van der Waals surface area contributed by atoms with Gasteiger partial charge in [0.05, 0.1) is 17.7 Å². The summed E-state index contributed by atoms with van der Waals surface area (Å²) >= 11 is 1.72. The molecule has 21 heavy (non-hydrogen) atoms. The molecule has 1 aliphatic rings. The third-order valence-electron chi connectivity index (χ3n) is 3.93. The normalized spacial score (nSPS) is 19.2. The predicted octanol–water partition coefficient (Wildman–Crippen LogP) is 3.37. The van der Waals surface area contributed by atoms with Crippen LogP contribution in [0.3, 0.4) is 0 Å². The van der Waals surface area contributed by atoms with Crippen molar-refractivity contribution in [3.05, 3.63) is 52.0 Å². The van der Waals surface area contributed by atoms with E-state index in [1.807, 2.05) is 11.6 Å². The van der Waals surface area contributed by atoms with Crippen molar-refractivity contribution >= 4 is 11.3 Å². The van der Waals surface area contributed by atoms with Crippen molar-refractivity contribution in [3.63, 3.8) is 0 Å². The molecule has 0 saturated heterocycles. The summed E-state index contributed by atoms with van der Waals surface area (Å²) in [7, 11) is 0. The molecule has 1 aromatic carbocycles. The van der Waals surface area contributed by atoms with Gasteiger partial charge in [-0.3, -0.25) is 0 Å². The van der Waals surface area contributed by atoms with Gasteiger partial charge in [-0.2, -0.15) is 0 Å². The van der Waals surface area contributed by atoms with Gasteiger partial charge in [-0.15, -0.1) is 11.3 Å². The van der Waals surface area contributed by atoms with Crippen LogP contribution in [0.1, 0.15) is 35.6 Å². The minimum absolute atomic E-state index is 0.130. The van der Waals surface area contributed by atoms with Crippen LogP contribution in [0, 0.1) is 0 Å². The highest BCUT2D eigenvalue weighted by atomic mass is 32.1. The summed E-state index contributed by atoms with van der Waals surface area (Å²) in [6.45, 7) is 4.02. The molecule has 4 heteroatoms. The van der Waals surface area contributed by atoms with E-state index in [0.717, 1.165) is 32.4 Å². The second-order valence-corrected chi connectivity index (χ2v) is 6.41. The Morgan fingerprint density at radius 2 is 2.33 bits per heavy atom. The number of thiazole rings is 1. The Labute approximate surface area is 130 Å². The van der Waals surface area contributed by atoms with E-state index in [4.69, 9.17) is 4.74 Å². The molecule has 2 heterocycles. The first-order chi connectivity index (χ1) is 10.4. The quantitative estimate of drug-likeness (QED) is 0.888. The van der Waals surface area contributed by atoms with Gasteiger partial charge in [0, 0.05) is 24.0 Å². The molecule has 1 aromatic heterocycles. The van der Waals surface area contributed by atoms with E-state index in [-0.39, 0.29) is 12.1 Å². The second-order valence-electron chi connectivity index (χ2n) is 5.43. The number of rotatable bonds is 6. The summed E-state index contributed by atoms with van der Waals surface area (Å²) < 4.78 is 6.13. The number of fused-ring (bicyclic) bond motifs is 1. The molecule has 2 atom stereocenters. The zero-order valence-corrected chi connectivity index (χ0v) is 13.2. The third-order valence-corrected chi connectivity index (χ3v) is 4.73. The lowest BCUT2D eigenvalue weighted by Crippen LogP contribution is -2.40. The topological polar surface area (TPSA) is 34.2 Å². The zero-order valence-electron chi connectivity index (χ0n) is 12.4. The average Bonchev–Trinajstić information content (AvgIpc) is 3.04. The second kappa shape index (κ2) is 7.16. The van der Waals surface area contributed by atoms with Crippen molar-refractivity contribution in [2.24, 2.45) is 0 Å². The summed E-state index contributed by atoms with van der Waals surface area (Å²) in [5.74, 6) is 0. The van der Waals surface area contributed by atoms with E-state index in [1.165, 1.54) is 16.1 Å². The van der Waals surface area contributed by atoms with Crippen LogP contribution in [-0.2, 0) is 17.6 Å². The Kier molecular flexibility index (Phi) is 5.01. The molecule has 2 aromatic rings. The van der Waals surface area contributed by atoms with Crippen LogP contribution in [0.5, 0.6) is 0 Å². The highest BCUT2D eigenvalue weighted by molar-refractivity contribution is 7.09. The number of aromatic nitrogens is 1. The van der Waals surface area contributed by atoms with Gasteiger partial charge in [-0.25, -0.2) is 4.98 Å². The van der Waals surface area contributed by atoms with Gasteiger partial charge >= 0.3 is 0 Å². The Morgan fingerprint density at radius 1 is 1.43 bits per heavy atom. The highest BCUT2D eigenvalue weighted by Crippen LogP contribution is 2.31. The van der Waals surface area contributed by atoms with Gasteiger partial charge in [0.1, 0.15) is 0 Å². The molecule has 2 unspecified atom stereocenters. The Hall–Kier alpha value is -1.23. The molecule has 1 N–H and O–H groups in total. The summed E-state index contributed by atoms with van der Waals surface area (Å²) in [6.07, 6.45) is 5.08. The summed E-state index contributed by atoms with van der Waals surface area (Å²) in [6, 6.07) is 8.96. The monoisotopic (exact) mass is 302 g/mol. The first-order valence-electron chi connectivity index (χ1n) is 7.69. The maximum Gasteiger partial charge on any atom is 0.0984 e.